The fourth-order valence-electron chi connectivity index (χ4n) is 5.55. The Bertz CT molecular complexity index is 1560. The number of piperazine rings is 1. The maximum Gasteiger partial charge on any atom is 0.318 e. The van der Waals surface area contributed by atoms with Crippen molar-refractivity contribution in [2.45, 2.75) is 25.3 Å². The Kier molecular flexibility index (Phi) is 9.41. The highest BCUT2D eigenvalue weighted by molar-refractivity contribution is 5.98. The normalized spacial score (nSPS) is 14.9. The number of H-pyrrole nitrogens is 1. The van der Waals surface area contributed by atoms with Crippen LogP contribution in [0.4, 0.5) is 10.5 Å². The first kappa shape index (κ1) is 29.8. The zero-order valence-electron chi connectivity index (χ0n) is 25.0. The standard InChI is InChI=1S/C34H40N6O3/c1-24(29-23-35-30-15-8-7-14-28(29)30)31(32(41)36-27-13-9-10-25(22-27)16-17-38(2)3)37-34(43)40-20-18-39(19-21-40)33(42)26-11-5-4-6-12-26/h4-15,22-24,31,35H,16-21H2,1-3H3,(H,36,41)(H,37,43)/t24-,31+/m0/s1. The Morgan fingerprint density at radius 2 is 1.58 bits per heavy atom. The van der Waals surface area contributed by atoms with Crippen LogP contribution in [0.2, 0.25) is 0 Å². The lowest BCUT2D eigenvalue weighted by atomic mass is 9.92. The number of fused-ring (bicyclic) bond motifs is 1. The number of amides is 4. The minimum Gasteiger partial charge on any atom is -0.361 e. The molecule has 0 unspecified atom stereocenters. The summed E-state index contributed by atoms with van der Waals surface area (Å²) in [5.41, 5.74) is 4.38. The van der Waals surface area contributed by atoms with Crippen molar-refractivity contribution in [2.75, 3.05) is 52.1 Å². The van der Waals surface area contributed by atoms with Crippen molar-refractivity contribution in [3.63, 3.8) is 0 Å². The molecule has 0 bridgehead atoms. The van der Waals surface area contributed by atoms with E-state index in [-0.39, 0.29) is 23.8 Å². The summed E-state index contributed by atoms with van der Waals surface area (Å²) in [7, 11) is 4.07. The van der Waals surface area contributed by atoms with Gasteiger partial charge in [0.15, 0.2) is 0 Å². The number of para-hydroxylation sites is 1. The molecule has 0 aliphatic carbocycles. The van der Waals surface area contributed by atoms with Gasteiger partial charge >= 0.3 is 6.03 Å². The number of aromatic nitrogens is 1. The molecule has 43 heavy (non-hydrogen) atoms. The topological polar surface area (TPSA) is 101 Å². The zero-order valence-corrected chi connectivity index (χ0v) is 25.0. The van der Waals surface area contributed by atoms with Gasteiger partial charge in [0.1, 0.15) is 6.04 Å². The molecular formula is C34H40N6O3. The second kappa shape index (κ2) is 13.6. The first-order valence-corrected chi connectivity index (χ1v) is 14.8. The number of nitrogens with zero attached hydrogens (tertiary/aromatic N) is 3. The van der Waals surface area contributed by atoms with Gasteiger partial charge in [-0.3, -0.25) is 9.59 Å². The number of carbonyl (C=O) groups excluding carboxylic acids is 3. The van der Waals surface area contributed by atoms with E-state index < -0.39 is 6.04 Å². The Labute approximate surface area is 252 Å². The van der Waals surface area contributed by atoms with Gasteiger partial charge in [-0.25, -0.2) is 4.79 Å². The molecule has 2 atom stereocenters. The Morgan fingerprint density at radius 1 is 0.884 bits per heavy atom. The quantitative estimate of drug-likeness (QED) is 0.270. The highest BCUT2D eigenvalue weighted by atomic mass is 16.2. The Hall–Kier alpha value is -4.63. The zero-order chi connectivity index (χ0) is 30.3. The molecule has 1 aromatic heterocycles. The number of nitrogens with one attached hydrogen (secondary N) is 3. The van der Waals surface area contributed by atoms with Crippen LogP contribution in [0.1, 0.15) is 34.3 Å². The minimum atomic E-state index is -0.832. The summed E-state index contributed by atoms with van der Waals surface area (Å²) in [6.07, 6.45) is 2.78. The van der Waals surface area contributed by atoms with Gasteiger partial charge in [-0.15, -0.1) is 0 Å². The van der Waals surface area contributed by atoms with E-state index in [9.17, 15) is 14.4 Å². The molecule has 0 spiro atoms. The SMILES string of the molecule is C[C@@H](c1c[nH]c2ccccc12)[C@@H](NC(=O)N1CCN(C(=O)c2ccccc2)CC1)C(=O)Nc1cccc(CCN(C)C)c1. The van der Waals surface area contributed by atoms with Crippen LogP contribution in [0.3, 0.4) is 0 Å². The lowest BCUT2D eigenvalue weighted by molar-refractivity contribution is -0.118. The molecule has 4 amide bonds. The van der Waals surface area contributed by atoms with Crippen molar-refractivity contribution in [1.29, 1.82) is 0 Å². The first-order chi connectivity index (χ1) is 20.8. The van der Waals surface area contributed by atoms with Crippen LogP contribution >= 0.6 is 0 Å². The maximum atomic E-state index is 13.9. The van der Waals surface area contributed by atoms with Gasteiger partial charge in [0.2, 0.25) is 5.91 Å². The summed E-state index contributed by atoms with van der Waals surface area (Å²) in [5, 5.41) is 7.12. The van der Waals surface area contributed by atoms with Crippen LogP contribution in [0.15, 0.2) is 85.1 Å². The molecule has 4 aromatic rings. The predicted octanol–water partition coefficient (Wildman–Crippen LogP) is 4.55. The van der Waals surface area contributed by atoms with Crippen LogP contribution in [0.5, 0.6) is 0 Å². The molecule has 224 valence electrons. The Morgan fingerprint density at radius 3 is 2.33 bits per heavy atom. The van der Waals surface area contributed by atoms with Gasteiger partial charge in [0, 0.05) is 67.0 Å². The molecule has 0 radical (unpaired) electrons. The third-order valence-electron chi connectivity index (χ3n) is 8.09. The Balaban J connectivity index is 1.31. The van der Waals surface area contributed by atoms with Gasteiger partial charge < -0.3 is 30.3 Å². The molecule has 0 saturated carbocycles. The van der Waals surface area contributed by atoms with Crippen molar-refractivity contribution in [2.24, 2.45) is 0 Å². The van der Waals surface area contributed by atoms with Crippen molar-refractivity contribution < 1.29 is 14.4 Å². The molecule has 3 N–H and O–H groups in total. The number of aromatic amines is 1. The van der Waals surface area contributed by atoms with Gasteiger partial charge in [0.05, 0.1) is 0 Å². The number of urea groups is 1. The number of hydrogen-bond donors (Lipinski definition) is 3. The van der Waals surface area contributed by atoms with E-state index in [2.05, 4.69) is 26.6 Å². The largest absolute Gasteiger partial charge is 0.361 e. The summed E-state index contributed by atoms with van der Waals surface area (Å²) in [4.78, 5) is 49.2. The van der Waals surface area contributed by atoms with Crippen molar-refractivity contribution in [1.82, 2.24) is 25.0 Å². The molecule has 5 rings (SSSR count). The minimum absolute atomic E-state index is 0.0429. The third kappa shape index (κ3) is 7.24. The van der Waals surface area contributed by atoms with E-state index >= 15 is 0 Å². The van der Waals surface area contributed by atoms with Crippen LogP contribution in [-0.2, 0) is 11.2 Å². The maximum absolute atomic E-state index is 13.9. The second-order valence-electron chi connectivity index (χ2n) is 11.4. The highest BCUT2D eigenvalue weighted by Crippen LogP contribution is 2.28. The van der Waals surface area contributed by atoms with Crippen molar-refractivity contribution in [3.05, 3.63) is 102 Å². The van der Waals surface area contributed by atoms with Gasteiger partial charge in [-0.1, -0.05) is 55.5 Å². The summed E-state index contributed by atoms with van der Waals surface area (Å²) in [6, 6.07) is 23.8. The fourth-order valence-corrected chi connectivity index (χ4v) is 5.55. The summed E-state index contributed by atoms with van der Waals surface area (Å²) in [6.45, 7) is 4.48. The number of rotatable bonds is 9. The lowest BCUT2D eigenvalue weighted by Crippen LogP contribution is -2.57. The van der Waals surface area contributed by atoms with Gasteiger partial charge in [-0.05, 0) is 62.0 Å². The van der Waals surface area contributed by atoms with Crippen LogP contribution in [-0.4, -0.2) is 90.4 Å². The van der Waals surface area contributed by atoms with E-state index in [1.54, 1.807) is 21.9 Å². The van der Waals surface area contributed by atoms with E-state index in [0.717, 1.165) is 35.0 Å². The average molecular weight is 581 g/mol. The smallest absolute Gasteiger partial charge is 0.318 e. The van der Waals surface area contributed by atoms with E-state index in [1.165, 1.54) is 0 Å². The van der Waals surface area contributed by atoms with Gasteiger partial charge in [-0.2, -0.15) is 0 Å². The third-order valence-corrected chi connectivity index (χ3v) is 8.09. The van der Waals surface area contributed by atoms with Crippen molar-refractivity contribution in [3.8, 4) is 0 Å². The number of likely N-dealkylation sites (N-methyl/N-ethyl adjacent to an activating group) is 1. The average Bonchev–Trinajstić information content (AvgIpc) is 3.47. The number of carbonyl (C=O) groups is 3. The molecule has 9 nitrogen and oxygen atoms in total. The number of benzene rings is 3. The molecule has 1 aliphatic rings. The van der Waals surface area contributed by atoms with E-state index in [1.807, 2.05) is 87.9 Å². The molecule has 2 heterocycles. The molecule has 1 saturated heterocycles. The second-order valence-corrected chi connectivity index (χ2v) is 11.4. The van der Waals surface area contributed by atoms with E-state index in [0.29, 0.717) is 37.4 Å². The summed E-state index contributed by atoms with van der Waals surface area (Å²) >= 11 is 0. The fraction of sp³-hybridized carbons (Fsp3) is 0.324. The predicted molar refractivity (Wildman–Crippen MR) is 170 cm³/mol. The molecule has 9 heteroatoms. The van der Waals surface area contributed by atoms with Crippen LogP contribution in [0, 0.1) is 0 Å². The molecule has 1 fully saturated rings. The van der Waals surface area contributed by atoms with Crippen molar-refractivity contribution >= 4 is 34.4 Å². The molecule has 3 aromatic carbocycles. The first-order valence-electron chi connectivity index (χ1n) is 14.8. The van der Waals surface area contributed by atoms with Gasteiger partial charge in [0.25, 0.3) is 5.91 Å². The number of anilines is 1. The molecule has 1 aliphatic heterocycles. The van der Waals surface area contributed by atoms with E-state index in [4.69, 9.17) is 0 Å². The van der Waals surface area contributed by atoms with Crippen LogP contribution in [0.25, 0.3) is 10.9 Å². The monoisotopic (exact) mass is 580 g/mol. The number of hydrogen-bond acceptors (Lipinski definition) is 4. The summed E-state index contributed by atoms with van der Waals surface area (Å²) < 4.78 is 0. The van der Waals surface area contributed by atoms with Crippen LogP contribution < -0.4 is 10.6 Å². The summed E-state index contributed by atoms with van der Waals surface area (Å²) in [5.74, 6) is -0.648. The lowest BCUT2D eigenvalue weighted by Gasteiger charge is -2.36. The highest BCUT2D eigenvalue weighted by Gasteiger charge is 2.32. The molecular weight excluding hydrogens is 540 g/mol.